The first-order valence-electron chi connectivity index (χ1n) is 11.2. The van der Waals surface area contributed by atoms with Crippen molar-refractivity contribution < 1.29 is 24.0 Å². The van der Waals surface area contributed by atoms with Gasteiger partial charge in [-0.15, -0.1) is 0 Å². The van der Waals surface area contributed by atoms with Gasteiger partial charge >= 0.3 is 5.97 Å². The molecule has 182 valence electrons. The summed E-state index contributed by atoms with van der Waals surface area (Å²) in [5.41, 5.74) is 1.66. The molecule has 4 aromatic rings. The highest BCUT2D eigenvalue weighted by molar-refractivity contribution is 8.18. The Morgan fingerprint density at radius 2 is 1.62 bits per heavy atom. The van der Waals surface area contributed by atoms with Crippen molar-refractivity contribution in [1.29, 1.82) is 0 Å². The molecule has 1 aliphatic heterocycles. The van der Waals surface area contributed by atoms with E-state index >= 15 is 0 Å². The molecule has 0 radical (unpaired) electrons. The molecule has 0 aromatic heterocycles. The van der Waals surface area contributed by atoms with Crippen LogP contribution in [0.5, 0.6) is 5.75 Å². The summed E-state index contributed by atoms with van der Waals surface area (Å²) in [4.78, 5) is 49.7. The van der Waals surface area contributed by atoms with Crippen LogP contribution in [0, 0.1) is 10.1 Å². The molecule has 0 unspecified atom stereocenters. The third-order valence-corrected chi connectivity index (χ3v) is 6.67. The number of rotatable bonds is 6. The average Bonchev–Trinajstić information content (AvgIpc) is 3.17. The molecule has 1 saturated heterocycles. The van der Waals surface area contributed by atoms with Crippen LogP contribution in [0.15, 0.2) is 95.9 Å². The summed E-state index contributed by atoms with van der Waals surface area (Å²) < 4.78 is 5.54. The molecule has 1 aliphatic rings. The molecular formula is C28H18N2O6S. The van der Waals surface area contributed by atoms with Crippen LogP contribution in [0.25, 0.3) is 16.8 Å². The van der Waals surface area contributed by atoms with E-state index < -0.39 is 22.0 Å². The first kappa shape index (κ1) is 24.0. The van der Waals surface area contributed by atoms with E-state index in [0.29, 0.717) is 22.4 Å². The monoisotopic (exact) mass is 510 g/mol. The zero-order chi connectivity index (χ0) is 25.9. The Bertz CT molecular complexity index is 1570. The van der Waals surface area contributed by atoms with Crippen LogP contribution in [0.3, 0.4) is 0 Å². The maximum absolute atomic E-state index is 12.8. The highest BCUT2D eigenvalue weighted by Gasteiger charge is 2.35. The van der Waals surface area contributed by atoms with Gasteiger partial charge in [0.1, 0.15) is 5.75 Å². The fourth-order valence-electron chi connectivity index (χ4n) is 3.89. The molecule has 9 heteroatoms. The van der Waals surface area contributed by atoms with Crippen molar-refractivity contribution in [1.82, 2.24) is 4.90 Å². The fourth-order valence-corrected chi connectivity index (χ4v) is 4.73. The standard InChI is InChI=1S/C28H18N2O6S/c31-26-25(37-28(33)29(26)17-19-8-12-21(13-9-19)30(34)35)16-18-10-14-22(15-11-18)36-27(32)24-7-3-5-20-4-1-2-6-23(20)24/h1-16H,17H2/b25-16-. The second kappa shape index (κ2) is 10.1. The van der Waals surface area contributed by atoms with Gasteiger partial charge in [-0.3, -0.25) is 24.6 Å². The van der Waals surface area contributed by atoms with Crippen LogP contribution < -0.4 is 4.74 Å². The van der Waals surface area contributed by atoms with Gasteiger partial charge in [0.15, 0.2) is 0 Å². The van der Waals surface area contributed by atoms with Crippen molar-refractivity contribution in [3.8, 4) is 5.75 Å². The van der Waals surface area contributed by atoms with Gasteiger partial charge < -0.3 is 4.74 Å². The van der Waals surface area contributed by atoms with E-state index in [-0.39, 0.29) is 17.1 Å². The number of thioether (sulfide) groups is 1. The Morgan fingerprint density at radius 1 is 0.919 bits per heavy atom. The number of fused-ring (bicyclic) bond motifs is 1. The van der Waals surface area contributed by atoms with Crippen LogP contribution in [0.2, 0.25) is 0 Å². The predicted octanol–water partition coefficient (Wildman–Crippen LogP) is 6.20. The molecule has 37 heavy (non-hydrogen) atoms. The highest BCUT2D eigenvalue weighted by Crippen LogP contribution is 2.33. The van der Waals surface area contributed by atoms with E-state index in [0.717, 1.165) is 27.4 Å². The molecule has 0 N–H and O–H groups in total. The van der Waals surface area contributed by atoms with Crippen LogP contribution in [-0.4, -0.2) is 26.9 Å². The Kier molecular flexibility index (Phi) is 6.53. The predicted molar refractivity (Wildman–Crippen MR) is 140 cm³/mol. The number of ether oxygens (including phenoxy) is 1. The van der Waals surface area contributed by atoms with E-state index in [1.165, 1.54) is 24.3 Å². The van der Waals surface area contributed by atoms with E-state index in [4.69, 9.17) is 4.74 Å². The minimum Gasteiger partial charge on any atom is -0.423 e. The number of carbonyl (C=O) groups is 3. The number of benzene rings is 4. The number of non-ortho nitro benzene ring substituents is 1. The third-order valence-electron chi connectivity index (χ3n) is 5.76. The molecule has 0 aliphatic carbocycles. The normalized spacial score (nSPS) is 14.4. The number of amides is 2. The maximum Gasteiger partial charge on any atom is 0.344 e. The fraction of sp³-hybridized carbons (Fsp3) is 0.0357. The number of nitro benzene ring substituents is 1. The van der Waals surface area contributed by atoms with Crippen LogP contribution >= 0.6 is 11.8 Å². The number of hydrogen-bond acceptors (Lipinski definition) is 7. The summed E-state index contributed by atoms with van der Waals surface area (Å²) >= 11 is 0.822. The second-order valence-electron chi connectivity index (χ2n) is 8.18. The van der Waals surface area contributed by atoms with Gasteiger partial charge in [0, 0.05) is 12.1 Å². The van der Waals surface area contributed by atoms with Crippen molar-refractivity contribution in [3.05, 3.63) is 123 Å². The Morgan fingerprint density at radius 3 is 2.35 bits per heavy atom. The SMILES string of the molecule is O=C(Oc1ccc(/C=C2\SC(=O)N(Cc3ccc([N+](=O)[O-])cc3)C2=O)cc1)c1cccc2ccccc12. The van der Waals surface area contributed by atoms with Gasteiger partial charge in [-0.25, -0.2) is 4.79 Å². The molecule has 1 heterocycles. The molecular weight excluding hydrogens is 492 g/mol. The number of imide groups is 1. The minimum absolute atomic E-state index is 0.0169. The minimum atomic E-state index is -0.511. The quantitative estimate of drug-likeness (QED) is 0.0999. The highest BCUT2D eigenvalue weighted by atomic mass is 32.2. The first-order valence-corrected chi connectivity index (χ1v) is 12.0. The number of esters is 1. The van der Waals surface area contributed by atoms with Gasteiger partial charge in [-0.1, -0.05) is 60.7 Å². The second-order valence-corrected chi connectivity index (χ2v) is 9.17. The molecule has 2 amide bonds. The van der Waals surface area contributed by atoms with Gasteiger partial charge in [0.25, 0.3) is 16.8 Å². The lowest BCUT2D eigenvalue weighted by molar-refractivity contribution is -0.384. The Labute approximate surface area is 215 Å². The molecule has 0 atom stereocenters. The summed E-state index contributed by atoms with van der Waals surface area (Å²) in [6, 6.07) is 25.3. The van der Waals surface area contributed by atoms with Gasteiger partial charge in [-0.2, -0.15) is 0 Å². The van der Waals surface area contributed by atoms with Crippen LogP contribution in [0.1, 0.15) is 21.5 Å². The molecule has 8 nitrogen and oxygen atoms in total. The largest absolute Gasteiger partial charge is 0.423 e. The van der Waals surface area contributed by atoms with E-state index in [1.807, 2.05) is 30.3 Å². The molecule has 4 aromatic carbocycles. The van der Waals surface area contributed by atoms with Gasteiger partial charge in [0.05, 0.1) is 21.9 Å². The Balaban J connectivity index is 1.27. The van der Waals surface area contributed by atoms with Gasteiger partial charge in [-0.05, 0) is 57.9 Å². The summed E-state index contributed by atoms with van der Waals surface area (Å²) in [6.07, 6.45) is 1.59. The maximum atomic E-state index is 12.8. The summed E-state index contributed by atoms with van der Waals surface area (Å²) in [6.45, 7) is 0.0169. The molecule has 0 bridgehead atoms. The van der Waals surface area contributed by atoms with Crippen molar-refractivity contribution in [2.24, 2.45) is 0 Å². The van der Waals surface area contributed by atoms with Crippen molar-refractivity contribution in [3.63, 3.8) is 0 Å². The number of nitro groups is 1. The topological polar surface area (TPSA) is 107 Å². The average molecular weight is 511 g/mol. The smallest absolute Gasteiger partial charge is 0.344 e. The summed E-state index contributed by atoms with van der Waals surface area (Å²) in [7, 11) is 0. The molecule has 0 spiro atoms. The van der Waals surface area contributed by atoms with E-state index in [1.54, 1.807) is 42.5 Å². The van der Waals surface area contributed by atoms with E-state index in [9.17, 15) is 24.5 Å². The lowest BCUT2D eigenvalue weighted by Crippen LogP contribution is -2.27. The molecule has 5 rings (SSSR count). The molecule has 1 fully saturated rings. The third kappa shape index (κ3) is 5.12. The van der Waals surface area contributed by atoms with Crippen molar-refractivity contribution >= 4 is 51.4 Å². The van der Waals surface area contributed by atoms with Crippen molar-refractivity contribution in [2.75, 3.05) is 0 Å². The summed E-state index contributed by atoms with van der Waals surface area (Å²) in [5, 5.41) is 12.1. The lowest BCUT2D eigenvalue weighted by atomic mass is 10.0. The van der Waals surface area contributed by atoms with Crippen LogP contribution in [0.4, 0.5) is 10.5 Å². The zero-order valence-electron chi connectivity index (χ0n) is 19.2. The zero-order valence-corrected chi connectivity index (χ0v) is 20.0. The lowest BCUT2D eigenvalue weighted by Gasteiger charge is -2.12. The number of carbonyl (C=O) groups excluding carboxylic acids is 3. The number of hydrogen-bond donors (Lipinski definition) is 0. The summed E-state index contributed by atoms with van der Waals surface area (Å²) in [5.74, 6) is -0.571. The van der Waals surface area contributed by atoms with Crippen molar-refractivity contribution in [2.45, 2.75) is 6.54 Å². The van der Waals surface area contributed by atoms with Crippen LogP contribution in [-0.2, 0) is 11.3 Å². The van der Waals surface area contributed by atoms with E-state index in [2.05, 4.69) is 0 Å². The Hall–Kier alpha value is -4.76. The first-order chi connectivity index (χ1) is 17.9. The number of nitrogens with zero attached hydrogens (tertiary/aromatic N) is 2. The molecule has 0 saturated carbocycles. The van der Waals surface area contributed by atoms with Gasteiger partial charge in [0.2, 0.25) is 0 Å².